The van der Waals surface area contributed by atoms with Crippen molar-refractivity contribution in [2.45, 2.75) is 52.6 Å². The highest BCUT2D eigenvalue weighted by Gasteiger charge is 2.32. The lowest BCUT2D eigenvalue weighted by Crippen LogP contribution is -2.37. The van der Waals surface area contributed by atoms with Crippen LogP contribution in [0, 0.1) is 17.3 Å². The molecule has 1 unspecified atom stereocenters. The zero-order valence-corrected chi connectivity index (χ0v) is 10.8. The molecular formula is C14H26O2. The first-order valence-corrected chi connectivity index (χ1v) is 6.48. The van der Waals surface area contributed by atoms with Crippen molar-refractivity contribution in [3.8, 4) is 0 Å². The van der Waals surface area contributed by atoms with E-state index in [0.717, 1.165) is 0 Å². The van der Waals surface area contributed by atoms with Gasteiger partial charge in [0.2, 0.25) is 0 Å². The van der Waals surface area contributed by atoms with E-state index in [4.69, 9.17) is 0 Å². The highest BCUT2D eigenvalue weighted by molar-refractivity contribution is 5.04. The quantitative estimate of drug-likeness (QED) is 0.708. The van der Waals surface area contributed by atoms with Crippen molar-refractivity contribution < 1.29 is 10.2 Å². The van der Waals surface area contributed by atoms with Crippen LogP contribution in [-0.2, 0) is 0 Å². The Bertz CT molecular complexity index is 229. The van der Waals surface area contributed by atoms with E-state index in [-0.39, 0.29) is 12.5 Å². The van der Waals surface area contributed by atoms with Gasteiger partial charge in [-0.1, -0.05) is 45.8 Å². The number of rotatable bonds is 5. The minimum Gasteiger partial charge on any atom is -0.395 e. The molecular weight excluding hydrogens is 200 g/mol. The predicted molar refractivity (Wildman–Crippen MR) is 67.1 cm³/mol. The molecule has 1 aliphatic rings. The number of aliphatic hydroxyl groups excluding tert-OH is 2. The van der Waals surface area contributed by atoms with Gasteiger partial charge in [-0.3, -0.25) is 0 Å². The standard InChI is InChI=1S/C14H26O2/c1-11(2)13(16)14(3,10-15)9-8-12-6-4-5-7-12/h8-9,11-13,15-16H,4-7,10H2,1-3H3/b9-8+/t13?,14-/m0/s1. The van der Waals surface area contributed by atoms with Gasteiger partial charge >= 0.3 is 0 Å². The molecule has 0 aromatic rings. The molecule has 0 amide bonds. The number of hydrogen-bond acceptors (Lipinski definition) is 2. The maximum absolute atomic E-state index is 10.1. The van der Waals surface area contributed by atoms with Gasteiger partial charge in [0.1, 0.15) is 0 Å². The summed E-state index contributed by atoms with van der Waals surface area (Å²) in [6.45, 7) is 5.92. The SMILES string of the molecule is CC(C)C(O)[C@@](C)(/C=C/C1CCCC1)CO. The van der Waals surface area contributed by atoms with Crippen LogP contribution in [0.3, 0.4) is 0 Å². The largest absolute Gasteiger partial charge is 0.395 e. The second-order valence-corrected chi connectivity index (χ2v) is 5.76. The lowest BCUT2D eigenvalue weighted by atomic mass is 9.78. The normalized spacial score (nSPS) is 24.1. The van der Waals surface area contributed by atoms with Crippen LogP contribution in [0.1, 0.15) is 46.5 Å². The molecule has 0 aliphatic heterocycles. The molecule has 2 N–H and O–H groups in total. The van der Waals surface area contributed by atoms with Gasteiger partial charge in [-0.2, -0.15) is 0 Å². The summed E-state index contributed by atoms with van der Waals surface area (Å²) < 4.78 is 0. The van der Waals surface area contributed by atoms with Crippen LogP contribution in [0.15, 0.2) is 12.2 Å². The number of aliphatic hydroxyl groups is 2. The van der Waals surface area contributed by atoms with Gasteiger partial charge in [0, 0.05) is 5.41 Å². The number of hydrogen-bond donors (Lipinski definition) is 2. The van der Waals surface area contributed by atoms with Crippen molar-refractivity contribution in [2.24, 2.45) is 17.3 Å². The van der Waals surface area contributed by atoms with E-state index < -0.39 is 11.5 Å². The van der Waals surface area contributed by atoms with Crippen LogP contribution in [0.4, 0.5) is 0 Å². The second-order valence-electron chi connectivity index (χ2n) is 5.76. The van der Waals surface area contributed by atoms with Crippen LogP contribution in [0.2, 0.25) is 0 Å². The van der Waals surface area contributed by atoms with Gasteiger partial charge in [0.25, 0.3) is 0 Å². The molecule has 0 bridgehead atoms. The minimum atomic E-state index is -0.489. The monoisotopic (exact) mass is 226 g/mol. The van der Waals surface area contributed by atoms with Crippen LogP contribution in [-0.4, -0.2) is 22.9 Å². The lowest BCUT2D eigenvalue weighted by Gasteiger charge is -2.32. The lowest BCUT2D eigenvalue weighted by molar-refractivity contribution is -0.00250. The average Bonchev–Trinajstić information content (AvgIpc) is 2.77. The summed E-state index contributed by atoms with van der Waals surface area (Å²) in [5.41, 5.74) is -0.489. The molecule has 2 heteroatoms. The zero-order valence-electron chi connectivity index (χ0n) is 10.8. The Balaban J connectivity index is 2.64. The highest BCUT2D eigenvalue weighted by Crippen LogP contribution is 2.31. The summed E-state index contributed by atoms with van der Waals surface area (Å²) in [6, 6.07) is 0. The molecule has 1 aliphatic carbocycles. The fourth-order valence-corrected chi connectivity index (χ4v) is 2.51. The van der Waals surface area contributed by atoms with Gasteiger partial charge in [-0.15, -0.1) is 0 Å². The third-order valence-electron chi connectivity index (χ3n) is 3.80. The van der Waals surface area contributed by atoms with Crippen LogP contribution in [0.25, 0.3) is 0 Å². The molecule has 0 aromatic carbocycles. The molecule has 2 nitrogen and oxygen atoms in total. The van der Waals surface area contributed by atoms with Gasteiger partial charge in [-0.05, 0) is 24.7 Å². The molecule has 1 rings (SSSR count). The Hall–Kier alpha value is -0.340. The van der Waals surface area contributed by atoms with Crippen molar-refractivity contribution in [1.82, 2.24) is 0 Å². The maximum atomic E-state index is 10.1. The molecule has 0 saturated heterocycles. The summed E-state index contributed by atoms with van der Waals surface area (Å²) in [6.07, 6.45) is 8.92. The van der Waals surface area contributed by atoms with Crippen molar-refractivity contribution in [1.29, 1.82) is 0 Å². The second kappa shape index (κ2) is 5.83. The topological polar surface area (TPSA) is 40.5 Å². The summed E-state index contributed by atoms with van der Waals surface area (Å²) in [5, 5.41) is 19.6. The first-order valence-electron chi connectivity index (χ1n) is 6.48. The van der Waals surface area contributed by atoms with E-state index in [9.17, 15) is 10.2 Å². The summed E-state index contributed by atoms with van der Waals surface area (Å²) in [5.74, 6) is 0.829. The third-order valence-corrected chi connectivity index (χ3v) is 3.80. The zero-order chi connectivity index (χ0) is 12.2. The summed E-state index contributed by atoms with van der Waals surface area (Å²) in [4.78, 5) is 0. The van der Waals surface area contributed by atoms with Crippen molar-refractivity contribution in [3.05, 3.63) is 12.2 Å². The van der Waals surface area contributed by atoms with E-state index in [1.807, 2.05) is 26.8 Å². The van der Waals surface area contributed by atoms with Crippen molar-refractivity contribution in [2.75, 3.05) is 6.61 Å². The van der Waals surface area contributed by atoms with E-state index >= 15 is 0 Å². The van der Waals surface area contributed by atoms with E-state index in [2.05, 4.69) is 6.08 Å². The molecule has 2 atom stereocenters. The molecule has 1 saturated carbocycles. The van der Waals surface area contributed by atoms with Crippen LogP contribution in [0.5, 0.6) is 0 Å². The molecule has 0 heterocycles. The molecule has 0 spiro atoms. The van der Waals surface area contributed by atoms with E-state index in [1.165, 1.54) is 25.7 Å². The van der Waals surface area contributed by atoms with Gasteiger partial charge < -0.3 is 10.2 Å². The van der Waals surface area contributed by atoms with Crippen molar-refractivity contribution >= 4 is 0 Å². The maximum Gasteiger partial charge on any atom is 0.0673 e. The third kappa shape index (κ3) is 3.33. The fourth-order valence-electron chi connectivity index (χ4n) is 2.51. The Morgan fingerprint density at radius 2 is 1.88 bits per heavy atom. The van der Waals surface area contributed by atoms with Gasteiger partial charge in [0.05, 0.1) is 12.7 Å². The van der Waals surface area contributed by atoms with E-state index in [0.29, 0.717) is 5.92 Å². The first kappa shape index (κ1) is 13.7. The van der Waals surface area contributed by atoms with Gasteiger partial charge in [-0.25, -0.2) is 0 Å². The highest BCUT2D eigenvalue weighted by atomic mass is 16.3. The Morgan fingerprint density at radius 3 is 2.31 bits per heavy atom. The van der Waals surface area contributed by atoms with Crippen molar-refractivity contribution in [3.63, 3.8) is 0 Å². The van der Waals surface area contributed by atoms with Crippen LogP contribution < -0.4 is 0 Å². The molecule has 1 fully saturated rings. The Morgan fingerprint density at radius 1 is 1.31 bits per heavy atom. The molecule has 94 valence electrons. The predicted octanol–water partition coefficient (Wildman–Crippen LogP) is 2.75. The molecule has 0 aromatic heterocycles. The first-order chi connectivity index (χ1) is 7.49. The average molecular weight is 226 g/mol. The number of allylic oxidation sites excluding steroid dienone is 1. The summed E-state index contributed by atoms with van der Waals surface area (Å²) >= 11 is 0. The Labute approximate surface area is 99.4 Å². The minimum absolute atomic E-state index is 0.00949. The Kier molecular flexibility index (Phi) is 5.00. The van der Waals surface area contributed by atoms with Crippen LogP contribution >= 0.6 is 0 Å². The molecule has 16 heavy (non-hydrogen) atoms. The smallest absolute Gasteiger partial charge is 0.0673 e. The van der Waals surface area contributed by atoms with Gasteiger partial charge in [0.15, 0.2) is 0 Å². The summed E-state index contributed by atoms with van der Waals surface area (Å²) in [7, 11) is 0. The van der Waals surface area contributed by atoms with E-state index in [1.54, 1.807) is 0 Å². The fraction of sp³-hybridized carbons (Fsp3) is 0.857. The molecule has 0 radical (unpaired) electrons.